The zero-order valence-corrected chi connectivity index (χ0v) is 13.2. The maximum absolute atomic E-state index is 12.5. The Morgan fingerprint density at radius 1 is 1.45 bits per heavy atom. The molecule has 0 unspecified atom stereocenters. The smallest absolute Gasteiger partial charge is 0.239 e. The fourth-order valence-electron chi connectivity index (χ4n) is 3.13. The summed E-state index contributed by atoms with van der Waals surface area (Å²) < 4.78 is 10.6. The van der Waals surface area contributed by atoms with E-state index >= 15 is 0 Å². The van der Waals surface area contributed by atoms with Crippen LogP contribution in [0.25, 0.3) is 0 Å². The molecule has 2 saturated heterocycles. The summed E-state index contributed by atoms with van der Waals surface area (Å²) in [6.45, 7) is 6.71. The number of nitrogens with one attached hydrogen (secondary N) is 1. The Balaban J connectivity index is 1.46. The van der Waals surface area contributed by atoms with Crippen LogP contribution in [0.4, 0.5) is 0 Å². The number of rotatable bonds is 4. The van der Waals surface area contributed by atoms with E-state index in [9.17, 15) is 4.79 Å². The molecule has 122 valence electrons. The van der Waals surface area contributed by atoms with Gasteiger partial charge in [0.05, 0.1) is 24.4 Å². The first-order valence-electron chi connectivity index (χ1n) is 7.85. The maximum Gasteiger partial charge on any atom is 0.239 e. The SMILES string of the molecule is CO[C@@H]1CN[C@H](C(=O)N2CCN(Cc3cc(C)no3)CC2)C1. The normalized spacial score (nSPS) is 26.5. The molecule has 2 fully saturated rings. The lowest BCUT2D eigenvalue weighted by molar-refractivity contribution is -0.135. The van der Waals surface area contributed by atoms with Crippen LogP contribution in [0.1, 0.15) is 17.9 Å². The summed E-state index contributed by atoms with van der Waals surface area (Å²) in [7, 11) is 1.70. The van der Waals surface area contributed by atoms with E-state index in [1.807, 2.05) is 17.9 Å². The number of piperazine rings is 1. The van der Waals surface area contributed by atoms with Crippen molar-refractivity contribution in [2.75, 3.05) is 39.8 Å². The van der Waals surface area contributed by atoms with Gasteiger partial charge in [-0.25, -0.2) is 0 Å². The predicted molar refractivity (Wildman–Crippen MR) is 80.3 cm³/mol. The summed E-state index contributed by atoms with van der Waals surface area (Å²) >= 11 is 0. The van der Waals surface area contributed by atoms with Gasteiger partial charge in [-0.2, -0.15) is 0 Å². The quantitative estimate of drug-likeness (QED) is 0.844. The third-order valence-corrected chi connectivity index (χ3v) is 4.46. The lowest BCUT2D eigenvalue weighted by Crippen LogP contribution is -2.52. The lowest BCUT2D eigenvalue weighted by atomic mass is 10.1. The molecule has 3 heterocycles. The molecule has 0 radical (unpaired) electrons. The molecule has 1 amide bonds. The molecule has 0 spiro atoms. The molecule has 0 saturated carbocycles. The summed E-state index contributed by atoms with van der Waals surface area (Å²) in [6, 6.07) is 1.87. The topological polar surface area (TPSA) is 70.8 Å². The Morgan fingerprint density at radius 2 is 2.23 bits per heavy atom. The van der Waals surface area contributed by atoms with E-state index in [2.05, 4.69) is 15.4 Å². The Labute approximate surface area is 130 Å². The van der Waals surface area contributed by atoms with Crippen molar-refractivity contribution in [1.29, 1.82) is 0 Å². The second-order valence-electron chi connectivity index (χ2n) is 6.09. The number of hydrogen-bond donors (Lipinski definition) is 1. The summed E-state index contributed by atoms with van der Waals surface area (Å²) in [5.41, 5.74) is 0.906. The number of carbonyl (C=O) groups excluding carboxylic acids is 1. The van der Waals surface area contributed by atoms with Crippen LogP contribution >= 0.6 is 0 Å². The van der Waals surface area contributed by atoms with Crippen LogP contribution in [0.15, 0.2) is 10.6 Å². The highest BCUT2D eigenvalue weighted by Crippen LogP contribution is 2.15. The highest BCUT2D eigenvalue weighted by Gasteiger charge is 2.33. The first-order valence-corrected chi connectivity index (χ1v) is 7.85. The van der Waals surface area contributed by atoms with E-state index in [4.69, 9.17) is 9.26 Å². The Kier molecular flexibility index (Phi) is 4.75. The minimum absolute atomic E-state index is 0.0894. The largest absolute Gasteiger partial charge is 0.380 e. The van der Waals surface area contributed by atoms with Gasteiger partial charge < -0.3 is 19.5 Å². The second kappa shape index (κ2) is 6.76. The molecule has 2 aliphatic rings. The van der Waals surface area contributed by atoms with Gasteiger partial charge in [-0.3, -0.25) is 9.69 Å². The van der Waals surface area contributed by atoms with E-state index in [0.717, 1.165) is 57.1 Å². The Bertz CT molecular complexity index is 511. The van der Waals surface area contributed by atoms with Crippen molar-refractivity contribution < 1.29 is 14.1 Å². The van der Waals surface area contributed by atoms with Crippen LogP contribution < -0.4 is 5.32 Å². The summed E-state index contributed by atoms with van der Waals surface area (Å²) in [4.78, 5) is 16.7. The fraction of sp³-hybridized carbons (Fsp3) is 0.733. The highest BCUT2D eigenvalue weighted by atomic mass is 16.5. The van der Waals surface area contributed by atoms with Crippen molar-refractivity contribution in [3.8, 4) is 0 Å². The molecule has 7 heteroatoms. The van der Waals surface area contributed by atoms with Gasteiger partial charge in [0, 0.05) is 45.9 Å². The van der Waals surface area contributed by atoms with Crippen LogP contribution in [-0.2, 0) is 16.1 Å². The molecule has 2 aliphatic heterocycles. The molecule has 0 bridgehead atoms. The lowest BCUT2D eigenvalue weighted by Gasteiger charge is -2.35. The average Bonchev–Trinajstić information content (AvgIpc) is 3.16. The number of nitrogens with zero attached hydrogens (tertiary/aromatic N) is 3. The number of aryl methyl sites for hydroxylation is 1. The zero-order valence-electron chi connectivity index (χ0n) is 13.2. The van der Waals surface area contributed by atoms with Crippen LogP contribution in [0.2, 0.25) is 0 Å². The van der Waals surface area contributed by atoms with Crippen molar-refractivity contribution in [3.63, 3.8) is 0 Å². The second-order valence-corrected chi connectivity index (χ2v) is 6.09. The van der Waals surface area contributed by atoms with E-state index in [1.165, 1.54) is 0 Å². The molecule has 1 N–H and O–H groups in total. The van der Waals surface area contributed by atoms with Gasteiger partial charge in [0.25, 0.3) is 0 Å². The fourth-order valence-corrected chi connectivity index (χ4v) is 3.13. The predicted octanol–water partition coefficient (Wildman–Crippen LogP) is 0.00412. The molecule has 7 nitrogen and oxygen atoms in total. The average molecular weight is 308 g/mol. The Hall–Kier alpha value is -1.44. The van der Waals surface area contributed by atoms with Gasteiger partial charge in [0.2, 0.25) is 5.91 Å². The van der Waals surface area contributed by atoms with Gasteiger partial charge in [-0.1, -0.05) is 5.16 Å². The zero-order chi connectivity index (χ0) is 15.5. The van der Waals surface area contributed by atoms with Crippen molar-refractivity contribution in [3.05, 3.63) is 17.5 Å². The highest BCUT2D eigenvalue weighted by molar-refractivity contribution is 5.82. The van der Waals surface area contributed by atoms with Crippen molar-refractivity contribution >= 4 is 5.91 Å². The van der Waals surface area contributed by atoms with Gasteiger partial charge in [-0.05, 0) is 13.3 Å². The molecular weight excluding hydrogens is 284 g/mol. The van der Waals surface area contributed by atoms with Gasteiger partial charge in [0.1, 0.15) is 0 Å². The number of carbonyl (C=O) groups is 1. The van der Waals surface area contributed by atoms with Crippen LogP contribution in [0, 0.1) is 6.92 Å². The van der Waals surface area contributed by atoms with Crippen LogP contribution in [0.3, 0.4) is 0 Å². The first kappa shape index (κ1) is 15.5. The van der Waals surface area contributed by atoms with E-state index in [-0.39, 0.29) is 18.1 Å². The molecule has 0 aliphatic carbocycles. The van der Waals surface area contributed by atoms with Gasteiger partial charge >= 0.3 is 0 Å². The van der Waals surface area contributed by atoms with E-state index < -0.39 is 0 Å². The van der Waals surface area contributed by atoms with Crippen molar-refractivity contribution in [1.82, 2.24) is 20.3 Å². The third-order valence-electron chi connectivity index (χ3n) is 4.46. The molecule has 2 atom stereocenters. The third kappa shape index (κ3) is 3.48. The van der Waals surface area contributed by atoms with Crippen molar-refractivity contribution in [2.24, 2.45) is 0 Å². The Morgan fingerprint density at radius 3 is 2.82 bits per heavy atom. The molecule has 3 rings (SSSR count). The standard InChI is InChI=1S/C15H24N4O3/c1-11-7-13(22-17-11)10-18-3-5-19(6-4-18)15(20)14-8-12(21-2)9-16-14/h7,12,14,16H,3-6,8-10H2,1-2H3/t12-,14-/m0/s1. The molecule has 1 aromatic rings. The number of methoxy groups -OCH3 is 1. The monoisotopic (exact) mass is 308 g/mol. The maximum atomic E-state index is 12.5. The van der Waals surface area contributed by atoms with Crippen molar-refractivity contribution in [2.45, 2.75) is 32.0 Å². The summed E-state index contributed by atoms with van der Waals surface area (Å²) in [5.74, 6) is 1.09. The van der Waals surface area contributed by atoms with E-state index in [0.29, 0.717) is 0 Å². The number of amides is 1. The van der Waals surface area contributed by atoms with Crippen LogP contribution in [-0.4, -0.2) is 72.8 Å². The number of hydrogen-bond acceptors (Lipinski definition) is 6. The number of ether oxygens (including phenoxy) is 1. The minimum Gasteiger partial charge on any atom is -0.380 e. The molecular formula is C15H24N4O3. The number of aromatic nitrogens is 1. The van der Waals surface area contributed by atoms with Gasteiger partial charge in [-0.15, -0.1) is 0 Å². The summed E-state index contributed by atoms with van der Waals surface area (Å²) in [6.07, 6.45) is 0.928. The summed E-state index contributed by atoms with van der Waals surface area (Å²) in [5, 5.41) is 7.16. The first-order chi connectivity index (χ1) is 10.7. The van der Waals surface area contributed by atoms with E-state index in [1.54, 1.807) is 7.11 Å². The molecule has 22 heavy (non-hydrogen) atoms. The minimum atomic E-state index is -0.0894. The van der Waals surface area contributed by atoms with Gasteiger partial charge in [0.15, 0.2) is 5.76 Å². The molecule has 1 aromatic heterocycles. The molecule has 0 aromatic carbocycles. The van der Waals surface area contributed by atoms with Crippen LogP contribution in [0.5, 0.6) is 0 Å².